The van der Waals surface area contributed by atoms with Gasteiger partial charge >= 0.3 is 5.97 Å². The number of nitrogens with zero attached hydrogens (tertiary/aromatic N) is 2. The Morgan fingerprint density at radius 2 is 1.55 bits per heavy atom. The molecule has 1 heterocycles. The van der Waals surface area contributed by atoms with Gasteiger partial charge < -0.3 is 5.11 Å². The van der Waals surface area contributed by atoms with E-state index in [2.05, 4.69) is 4.99 Å². The smallest absolute Gasteiger partial charge is 0.335 e. The molecule has 2 amide bonds. The normalized spacial score (nSPS) is 15.9. The lowest BCUT2D eigenvalue weighted by atomic mass is 10.2. The fraction of sp³-hybridized carbons (Fsp3) is 0. The Hall–Kier alpha value is -3.39. The third-order valence-electron chi connectivity index (χ3n) is 4.55. The lowest BCUT2D eigenvalue weighted by Crippen LogP contribution is -2.35. The number of hydrogen-bond acceptors (Lipinski definition) is 5. The van der Waals surface area contributed by atoms with E-state index < -0.39 is 17.8 Å². The highest BCUT2D eigenvalue weighted by Gasteiger charge is 2.38. The maximum absolute atomic E-state index is 13.2. The predicted octanol–water partition coefficient (Wildman–Crippen LogP) is 6.14. The summed E-state index contributed by atoms with van der Waals surface area (Å²) in [6, 6.07) is 19.1. The van der Waals surface area contributed by atoms with Crippen molar-refractivity contribution in [2.24, 2.45) is 4.99 Å². The number of thioether (sulfide) groups is 1. The third kappa shape index (κ3) is 5.17. The SMILES string of the molecule is O=C(O)c1ccc(N=C2SC(=Cc3cc(Cl)cc(Cl)c3)C(=O)N2C(=O)c2ccccc2)cc1. The number of rotatable bonds is 4. The zero-order valence-corrected chi connectivity index (χ0v) is 19.1. The highest BCUT2D eigenvalue weighted by molar-refractivity contribution is 8.18. The topological polar surface area (TPSA) is 87.0 Å². The molecule has 1 fully saturated rings. The molecule has 1 aliphatic rings. The molecular formula is C24H14Cl2N2O4S. The molecule has 0 spiro atoms. The maximum atomic E-state index is 13.2. The molecular weight excluding hydrogens is 483 g/mol. The van der Waals surface area contributed by atoms with E-state index in [0.717, 1.165) is 16.7 Å². The zero-order chi connectivity index (χ0) is 23.5. The van der Waals surface area contributed by atoms with E-state index in [0.29, 0.717) is 26.9 Å². The van der Waals surface area contributed by atoms with Crippen LogP contribution >= 0.6 is 35.0 Å². The second-order valence-electron chi connectivity index (χ2n) is 6.87. The van der Waals surface area contributed by atoms with Crippen LogP contribution in [0.15, 0.2) is 82.7 Å². The van der Waals surface area contributed by atoms with Crippen molar-refractivity contribution in [3.63, 3.8) is 0 Å². The number of benzene rings is 3. The molecule has 9 heteroatoms. The van der Waals surface area contributed by atoms with Gasteiger partial charge in [-0.2, -0.15) is 0 Å². The number of carbonyl (C=O) groups is 3. The number of amidine groups is 1. The van der Waals surface area contributed by atoms with Crippen molar-refractivity contribution >= 4 is 69.7 Å². The zero-order valence-electron chi connectivity index (χ0n) is 16.7. The minimum atomic E-state index is -1.06. The highest BCUT2D eigenvalue weighted by Crippen LogP contribution is 2.36. The summed E-state index contributed by atoms with van der Waals surface area (Å²) >= 11 is 13.2. The van der Waals surface area contributed by atoms with Gasteiger partial charge in [0.2, 0.25) is 0 Å². The van der Waals surface area contributed by atoms with Crippen LogP contribution in [0.3, 0.4) is 0 Å². The summed E-state index contributed by atoms with van der Waals surface area (Å²) in [6.07, 6.45) is 1.59. The van der Waals surface area contributed by atoms with Crippen LogP contribution in [0, 0.1) is 0 Å². The van der Waals surface area contributed by atoms with Gasteiger partial charge in [0, 0.05) is 15.6 Å². The summed E-state index contributed by atoms with van der Waals surface area (Å²) in [4.78, 5) is 43.2. The van der Waals surface area contributed by atoms with Crippen molar-refractivity contribution in [1.82, 2.24) is 4.90 Å². The minimum Gasteiger partial charge on any atom is -0.478 e. The molecule has 4 rings (SSSR count). The standard InChI is InChI=1S/C24H14Cl2N2O4S/c25-17-10-14(11-18(26)13-17)12-20-22(30)28(21(29)15-4-2-1-3-5-15)24(33-20)27-19-8-6-16(7-9-19)23(31)32/h1-13H,(H,31,32). The molecule has 3 aromatic carbocycles. The van der Waals surface area contributed by atoms with E-state index in [1.807, 2.05) is 0 Å². The predicted molar refractivity (Wildman–Crippen MR) is 130 cm³/mol. The van der Waals surface area contributed by atoms with Gasteiger partial charge in [-0.05, 0) is 78.0 Å². The van der Waals surface area contributed by atoms with E-state index in [1.54, 1.807) is 54.6 Å². The van der Waals surface area contributed by atoms with Crippen molar-refractivity contribution in [3.8, 4) is 0 Å². The largest absolute Gasteiger partial charge is 0.478 e. The van der Waals surface area contributed by atoms with Crippen LogP contribution in [0.1, 0.15) is 26.3 Å². The molecule has 0 aromatic heterocycles. The molecule has 3 aromatic rings. The molecule has 1 N–H and O–H groups in total. The second kappa shape index (κ2) is 9.62. The average molecular weight is 497 g/mol. The molecule has 1 aliphatic heterocycles. The van der Waals surface area contributed by atoms with Gasteiger partial charge in [-0.3, -0.25) is 9.59 Å². The Balaban J connectivity index is 1.76. The molecule has 0 unspecified atom stereocenters. The summed E-state index contributed by atoms with van der Waals surface area (Å²) in [5.41, 5.74) is 1.42. The molecule has 1 saturated heterocycles. The number of carboxylic acids is 1. The summed E-state index contributed by atoms with van der Waals surface area (Å²) in [5, 5.41) is 10.1. The van der Waals surface area contributed by atoms with Gasteiger partial charge in [-0.1, -0.05) is 41.4 Å². The molecule has 0 saturated carbocycles. The van der Waals surface area contributed by atoms with Gasteiger partial charge in [0.05, 0.1) is 16.2 Å². The summed E-state index contributed by atoms with van der Waals surface area (Å²) < 4.78 is 0. The van der Waals surface area contributed by atoms with Crippen molar-refractivity contribution in [3.05, 3.63) is 104 Å². The molecule has 33 heavy (non-hydrogen) atoms. The number of amides is 2. The van der Waals surface area contributed by atoms with E-state index >= 15 is 0 Å². The number of aliphatic imine (C=N–C) groups is 1. The molecule has 0 bridgehead atoms. The van der Waals surface area contributed by atoms with Crippen LogP contribution in [0.4, 0.5) is 5.69 Å². The first kappa shape index (κ1) is 22.8. The van der Waals surface area contributed by atoms with Crippen LogP contribution in [-0.2, 0) is 4.79 Å². The molecule has 0 radical (unpaired) electrons. The van der Waals surface area contributed by atoms with Crippen LogP contribution in [0.5, 0.6) is 0 Å². The van der Waals surface area contributed by atoms with E-state index in [9.17, 15) is 14.4 Å². The molecule has 0 atom stereocenters. The fourth-order valence-electron chi connectivity index (χ4n) is 3.04. The number of carboxylic acid groups (broad SMARTS) is 1. The van der Waals surface area contributed by atoms with Gasteiger partial charge in [-0.15, -0.1) is 0 Å². The Kier molecular flexibility index (Phi) is 6.65. The first-order chi connectivity index (χ1) is 15.8. The second-order valence-corrected chi connectivity index (χ2v) is 8.75. The summed E-state index contributed by atoms with van der Waals surface area (Å²) in [5.74, 6) is -2.13. The number of imide groups is 1. The van der Waals surface area contributed by atoms with Crippen LogP contribution in [0.25, 0.3) is 6.08 Å². The Labute approximate surface area is 203 Å². The summed E-state index contributed by atoms with van der Waals surface area (Å²) in [6.45, 7) is 0. The molecule has 6 nitrogen and oxygen atoms in total. The fourth-order valence-corrected chi connectivity index (χ4v) is 4.56. The van der Waals surface area contributed by atoms with E-state index in [-0.39, 0.29) is 15.6 Å². The summed E-state index contributed by atoms with van der Waals surface area (Å²) in [7, 11) is 0. The Morgan fingerprint density at radius 3 is 2.15 bits per heavy atom. The first-order valence-corrected chi connectivity index (χ1v) is 11.1. The number of carbonyl (C=O) groups excluding carboxylic acids is 2. The highest BCUT2D eigenvalue weighted by atomic mass is 35.5. The van der Waals surface area contributed by atoms with Gasteiger partial charge in [0.15, 0.2) is 5.17 Å². The number of hydrogen-bond donors (Lipinski definition) is 1. The number of halogens is 2. The third-order valence-corrected chi connectivity index (χ3v) is 5.96. The number of aromatic carboxylic acids is 1. The average Bonchev–Trinajstić information content (AvgIpc) is 3.08. The molecule has 0 aliphatic carbocycles. The van der Waals surface area contributed by atoms with Crippen molar-refractivity contribution in [2.75, 3.05) is 0 Å². The van der Waals surface area contributed by atoms with Crippen LogP contribution < -0.4 is 0 Å². The van der Waals surface area contributed by atoms with Gasteiger partial charge in [-0.25, -0.2) is 14.7 Å². The Morgan fingerprint density at radius 1 is 0.909 bits per heavy atom. The Bertz CT molecular complexity index is 1300. The van der Waals surface area contributed by atoms with Gasteiger partial charge in [0.25, 0.3) is 11.8 Å². The maximum Gasteiger partial charge on any atom is 0.335 e. The van der Waals surface area contributed by atoms with Crippen molar-refractivity contribution in [2.45, 2.75) is 0 Å². The van der Waals surface area contributed by atoms with Crippen LogP contribution in [-0.4, -0.2) is 33.0 Å². The lowest BCUT2D eigenvalue weighted by Gasteiger charge is -2.13. The van der Waals surface area contributed by atoms with Gasteiger partial charge in [0.1, 0.15) is 0 Å². The van der Waals surface area contributed by atoms with Crippen LogP contribution in [0.2, 0.25) is 10.0 Å². The lowest BCUT2D eigenvalue weighted by molar-refractivity contribution is -0.120. The van der Waals surface area contributed by atoms with E-state index in [4.69, 9.17) is 28.3 Å². The first-order valence-electron chi connectivity index (χ1n) is 9.53. The van der Waals surface area contributed by atoms with Crippen molar-refractivity contribution in [1.29, 1.82) is 0 Å². The molecule has 164 valence electrons. The minimum absolute atomic E-state index is 0.102. The van der Waals surface area contributed by atoms with E-state index in [1.165, 1.54) is 24.3 Å². The monoisotopic (exact) mass is 496 g/mol. The van der Waals surface area contributed by atoms with Crippen molar-refractivity contribution < 1.29 is 19.5 Å². The quantitative estimate of drug-likeness (QED) is 0.346.